The second-order valence-electron chi connectivity index (χ2n) is 7.73. The number of rotatable bonds is 6. The second kappa shape index (κ2) is 8.28. The zero-order chi connectivity index (χ0) is 23.9. The Hall–Kier alpha value is -4.22. The van der Waals surface area contributed by atoms with Crippen molar-refractivity contribution in [3.05, 3.63) is 54.7 Å². The van der Waals surface area contributed by atoms with Gasteiger partial charge in [0.15, 0.2) is 0 Å². The molecule has 5 aromatic rings. The van der Waals surface area contributed by atoms with Gasteiger partial charge in [0.2, 0.25) is 0 Å². The summed E-state index contributed by atoms with van der Waals surface area (Å²) in [5.41, 5.74) is 3.64. The molecule has 0 spiro atoms. The summed E-state index contributed by atoms with van der Waals surface area (Å²) in [6.45, 7) is 0.542. The number of alkyl halides is 3. The molecule has 1 aromatic carbocycles. The van der Waals surface area contributed by atoms with Crippen molar-refractivity contribution in [1.29, 1.82) is 0 Å². The minimum absolute atomic E-state index is 0.0416. The van der Waals surface area contributed by atoms with E-state index in [1.54, 1.807) is 23.9 Å². The molecule has 0 amide bonds. The number of aryl methyl sites for hydroxylation is 1. The van der Waals surface area contributed by atoms with E-state index in [1.807, 2.05) is 25.4 Å². The van der Waals surface area contributed by atoms with E-state index in [9.17, 15) is 13.2 Å². The maximum absolute atomic E-state index is 12.7. The average Bonchev–Trinajstić information content (AvgIpc) is 3.42. The number of hydrogen-bond acceptors (Lipinski definition) is 7. The number of aromatic nitrogens is 7. The molecule has 0 aliphatic carbocycles. The molecule has 4 aromatic heterocycles. The van der Waals surface area contributed by atoms with Crippen molar-refractivity contribution in [2.24, 2.45) is 7.05 Å². The number of ether oxygens (including phenoxy) is 1. The lowest BCUT2D eigenvalue weighted by atomic mass is 10.1. The molecule has 34 heavy (non-hydrogen) atoms. The molecule has 0 saturated carbocycles. The first-order chi connectivity index (χ1) is 16.3. The first-order valence-electron chi connectivity index (χ1n) is 10.3. The van der Waals surface area contributed by atoms with E-state index in [1.165, 1.54) is 18.5 Å². The van der Waals surface area contributed by atoms with Gasteiger partial charge in [-0.05, 0) is 25.1 Å². The molecule has 0 aliphatic rings. The summed E-state index contributed by atoms with van der Waals surface area (Å²) in [6.07, 6.45) is 1.55. The summed E-state index contributed by atoms with van der Waals surface area (Å²) in [6, 6.07) is 6.90. The maximum Gasteiger partial charge on any atom is 0.405 e. The number of hydrogen-bond donors (Lipinski definition) is 2. The van der Waals surface area contributed by atoms with Crippen molar-refractivity contribution in [2.75, 3.05) is 11.9 Å². The fourth-order valence-electron chi connectivity index (χ4n) is 3.65. The molecular weight excluding hydrogens is 449 g/mol. The van der Waals surface area contributed by atoms with Gasteiger partial charge in [-0.1, -0.05) is 0 Å². The number of aromatic amines is 1. The fourth-order valence-corrected chi connectivity index (χ4v) is 3.65. The van der Waals surface area contributed by atoms with Crippen LogP contribution >= 0.6 is 0 Å². The van der Waals surface area contributed by atoms with Crippen LogP contribution in [0, 0.1) is 0 Å². The van der Waals surface area contributed by atoms with Crippen LogP contribution in [0.15, 0.2) is 49.1 Å². The van der Waals surface area contributed by atoms with E-state index in [-0.39, 0.29) is 5.82 Å². The highest BCUT2D eigenvalue weighted by molar-refractivity contribution is 5.93. The van der Waals surface area contributed by atoms with Gasteiger partial charge >= 0.3 is 6.18 Å². The lowest BCUT2D eigenvalue weighted by Crippen LogP contribution is -2.22. The van der Waals surface area contributed by atoms with Crippen LogP contribution in [0.4, 0.5) is 19.0 Å². The van der Waals surface area contributed by atoms with Crippen molar-refractivity contribution in [3.8, 4) is 17.0 Å². The number of fused-ring (bicyclic) bond motifs is 2. The molecule has 0 unspecified atom stereocenters. The zero-order valence-electron chi connectivity index (χ0n) is 18.1. The molecule has 0 fully saturated rings. The average molecular weight is 468 g/mol. The van der Waals surface area contributed by atoms with Gasteiger partial charge in [0.05, 0.1) is 17.2 Å². The van der Waals surface area contributed by atoms with Gasteiger partial charge in [-0.25, -0.2) is 4.98 Å². The lowest BCUT2D eigenvalue weighted by Gasteiger charge is -2.17. The number of benzene rings is 1. The van der Waals surface area contributed by atoms with Crippen molar-refractivity contribution in [1.82, 2.24) is 34.9 Å². The number of nitrogens with zero attached hydrogens (tertiary/aromatic N) is 6. The van der Waals surface area contributed by atoms with Crippen LogP contribution in [0.25, 0.3) is 33.2 Å². The highest BCUT2D eigenvalue weighted by Crippen LogP contribution is 2.32. The molecule has 0 saturated heterocycles. The molecule has 1 atom stereocenters. The van der Waals surface area contributed by atoms with Gasteiger partial charge in [0, 0.05) is 42.7 Å². The van der Waals surface area contributed by atoms with Gasteiger partial charge in [0.1, 0.15) is 41.1 Å². The van der Waals surface area contributed by atoms with Crippen LogP contribution in [0.2, 0.25) is 0 Å². The first-order valence-corrected chi connectivity index (χ1v) is 10.3. The van der Waals surface area contributed by atoms with E-state index < -0.39 is 18.8 Å². The summed E-state index contributed by atoms with van der Waals surface area (Å²) in [7, 11) is 1.83. The normalized spacial score (nSPS) is 12.9. The predicted octanol–water partition coefficient (Wildman–Crippen LogP) is 4.42. The predicted molar refractivity (Wildman–Crippen MR) is 119 cm³/mol. The zero-order valence-corrected chi connectivity index (χ0v) is 18.1. The van der Waals surface area contributed by atoms with Gasteiger partial charge in [0.25, 0.3) is 0 Å². The topological polar surface area (TPSA) is 106 Å². The molecule has 0 bridgehead atoms. The third kappa shape index (κ3) is 4.34. The van der Waals surface area contributed by atoms with Crippen LogP contribution in [-0.4, -0.2) is 47.7 Å². The van der Waals surface area contributed by atoms with Gasteiger partial charge < -0.3 is 10.1 Å². The highest BCUT2D eigenvalue weighted by atomic mass is 19.4. The summed E-state index contributed by atoms with van der Waals surface area (Å²) in [4.78, 5) is 12.9. The molecule has 9 nitrogen and oxygen atoms in total. The third-order valence-corrected chi connectivity index (χ3v) is 5.16. The molecule has 12 heteroatoms. The summed E-state index contributed by atoms with van der Waals surface area (Å²) < 4.78 is 45.9. The van der Waals surface area contributed by atoms with Crippen LogP contribution in [0.5, 0.6) is 5.75 Å². The second-order valence-corrected chi connectivity index (χ2v) is 7.73. The lowest BCUT2D eigenvalue weighted by molar-refractivity contribution is -0.115. The maximum atomic E-state index is 12.7. The summed E-state index contributed by atoms with van der Waals surface area (Å²) in [5, 5.41) is 14.7. The number of anilines is 1. The number of pyridine rings is 1. The Morgan fingerprint density at radius 3 is 2.76 bits per heavy atom. The van der Waals surface area contributed by atoms with Gasteiger partial charge in [-0.15, -0.1) is 0 Å². The Bertz CT molecular complexity index is 1480. The molecule has 4 heterocycles. The largest absolute Gasteiger partial charge is 0.484 e. The number of halogens is 3. The minimum atomic E-state index is -4.38. The van der Waals surface area contributed by atoms with Crippen molar-refractivity contribution in [2.45, 2.75) is 19.2 Å². The Balaban J connectivity index is 1.48. The molecule has 0 aliphatic heterocycles. The van der Waals surface area contributed by atoms with Gasteiger partial charge in [-0.3, -0.25) is 19.7 Å². The Morgan fingerprint density at radius 1 is 1.18 bits per heavy atom. The van der Waals surface area contributed by atoms with Crippen LogP contribution in [0.1, 0.15) is 18.7 Å². The molecular formula is C22H19F3N8O. The smallest absolute Gasteiger partial charge is 0.405 e. The molecule has 2 N–H and O–H groups in total. The van der Waals surface area contributed by atoms with E-state index in [0.29, 0.717) is 22.5 Å². The van der Waals surface area contributed by atoms with E-state index >= 15 is 0 Å². The van der Waals surface area contributed by atoms with Crippen molar-refractivity contribution in [3.63, 3.8) is 0 Å². The van der Waals surface area contributed by atoms with Crippen LogP contribution < -0.4 is 10.1 Å². The fraction of sp³-hybridized carbons (Fsp3) is 0.227. The highest BCUT2D eigenvalue weighted by Gasteiger charge is 2.27. The van der Waals surface area contributed by atoms with Gasteiger partial charge in [-0.2, -0.15) is 23.4 Å². The molecule has 0 radical (unpaired) electrons. The first kappa shape index (κ1) is 21.6. The third-order valence-electron chi connectivity index (χ3n) is 5.16. The minimum Gasteiger partial charge on any atom is -0.484 e. The number of nitrogens with one attached hydrogen (secondary N) is 2. The van der Waals surface area contributed by atoms with Crippen molar-refractivity contribution < 1.29 is 17.9 Å². The standard InChI is InChI=1S/C22H19F3N8O/c1-12(19-21-17(26-5-6-27-21)8-18(30-19)28-11-22(23,24)25)34-14-3-4-16-15(7-14)20(32-31-16)13-9-29-33(2)10-13/h3-10,12H,11H2,1-2H3,(H,28,30)(H,31,32)/t12-/m1/s1. The Labute approximate surface area is 191 Å². The van der Waals surface area contributed by atoms with E-state index in [2.05, 4.69) is 35.6 Å². The molecule has 5 rings (SSSR count). The Morgan fingerprint density at radius 2 is 2.00 bits per heavy atom. The van der Waals surface area contributed by atoms with Crippen LogP contribution in [0.3, 0.4) is 0 Å². The van der Waals surface area contributed by atoms with E-state index in [0.717, 1.165) is 22.2 Å². The SMILES string of the molecule is C[C@@H](Oc1ccc2[nH]nc(-c3cnn(C)c3)c2c1)c1nc(NCC(F)(F)F)cc2nccnc12. The van der Waals surface area contributed by atoms with E-state index in [4.69, 9.17) is 4.74 Å². The quantitative estimate of drug-likeness (QED) is 0.380. The van der Waals surface area contributed by atoms with Crippen molar-refractivity contribution >= 4 is 27.8 Å². The molecule has 174 valence electrons. The monoisotopic (exact) mass is 468 g/mol. The summed E-state index contributed by atoms with van der Waals surface area (Å²) in [5.74, 6) is 0.582. The summed E-state index contributed by atoms with van der Waals surface area (Å²) >= 11 is 0. The van der Waals surface area contributed by atoms with Crippen LogP contribution in [-0.2, 0) is 7.05 Å². The Kier molecular flexibility index (Phi) is 5.27. The number of H-pyrrole nitrogens is 1.